The average Bonchev–Trinajstić information content (AvgIpc) is 3.64. The van der Waals surface area contributed by atoms with E-state index in [-0.39, 0.29) is 29.7 Å². The second kappa shape index (κ2) is 9.64. The van der Waals surface area contributed by atoms with Crippen molar-refractivity contribution in [3.8, 4) is 0 Å². The van der Waals surface area contributed by atoms with E-state index in [9.17, 15) is 14.4 Å². The van der Waals surface area contributed by atoms with Crippen LogP contribution >= 0.6 is 0 Å². The summed E-state index contributed by atoms with van der Waals surface area (Å²) in [7, 11) is 0. The number of carbonyl (C=O) groups is 3. The molecule has 7 nitrogen and oxygen atoms in total. The molecule has 0 spiro atoms. The van der Waals surface area contributed by atoms with Gasteiger partial charge in [0, 0.05) is 36.9 Å². The van der Waals surface area contributed by atoms with Gasteiger partial charge in [-0.15, -0.1) is 0 Å². The van der Waals surface area contributed by atoms with Crippen LogP contribution in [-0.4, -0.2) is 35.8 Å². The maximum Gasteiger partial charge on any atom is 0.317 e. The number of hydrogen-bond acceptors (Lipinski definition) is 3. The average molecular weight is 421 g/mol. The lowest BCUT2D eigenvalue weighted by molar-refractivity contribution is -0.121. The number of nitrogens with zero attached hydrogens (tertiary/aromatic N) is 1. The van der Waals surface area contributed by atoms with Gasteiger partial charge in [0.2, 0.25) is 11.8 Å². The second-order valence-corrected chi connectivity index (χ2v) is 8.26. The Kier molecular flexibility index (Phi) is 6.50. The monoisotopic (exact) mass is 420 g/mol. The Balaban J connectivity index is 1.27. The molecule has 2 fully saturated rings. The van der Waals surface area contributed by atoms with Crippen molar-refractivity contribution in [2.45, 2.75) is 32.2 Å². The van der Waals surface area contributed by atoms with Crippen LogP contribution in [0.2, 0.25) is 0 Å². The number of rotatable bonds is 6. The minimum Gasteiger partial charge on any atom is -0.334 e. The number of likely N-dealkylation sites (tertiary alicyclic amines) is 1. The van der Waals surface area contributed by atoms with Crippen molar-refractivity contribution < 1.29 is 14.4 Å². The van der Waals surface area contributed by atoms with Crippen LogP contribution in [0.3, 0.4) is 0 Å². The van der Waals surface area contributed by atoms with Crippen LogP contribution in [-0.2, 0) is 16.1 Å². The molecular weight excluding hydrogens is 392 g/mol. The topological polar surface area (TPSA) is 90.5 Å². The molecule has 7 heteroatoms. The first kappa shape index (κ1) is 20.9. The first-order chi connectivity index (χ1) is 15.1. The van der Waals surface area contributed by atoms with Gasteiger partial charge < -0.3 is 20.9 Å². The molecule has 1 aliphatic heterocycles. The fourth-order valence-corrected chi connectivity index (χ4v) is 3.78. The smallest absolute Gasteiger partial charge is 0.317 e. The molecule has 1 saturated heterocycles. The summed E-state index contributed by atoms with van der Waals surface area (Å²) in [4.78, 5) is 38.9. The summed E-state index contributed by atoms with van der Waals surface area (Å²) in [6.07, 6.45) is 3.48. The van der Waals surface area contributed by atoms with Gasteiger partial charge in [-0.3, -0.25) is 9.59 Å². The number of hydrogen-bond donors (Lipinski definition) is 3. The van der Waals surface area contributed by atoms with E-state index in [1.165, 1.54) is 0 Å². The molecule has 31 heavy (non-hydrogen) atoms. The van der Waals surface area contributed by atoms with E-state index in [1.807, 2.05) is 54.6 Å². The van der Waals surface area contributed by atoms with E-state index in [0.717, 1.165) is 42.6 Å². The summed E-state index contributed by atoms with van der Waals surface area (Å²) in [6.45, 7) is 1.41. The third kappa shape index (κ3) is 5.84. The molecule has 2 aliphatic rings. The Morgan fingerprint density at radius 3 is 2.32 bits per heavy atom. The molecule has 1 unspecified atom stereocenters. The van der Waals surface area contributed by atoms with E-state index in [2.05, 4.69) is 16.0 Å². The first-order valence-corrected chi connectivity index (χ1v) is 10.9. The highest BCUT2D eigenvalue weighted by Crippen LogP contribution is 2.30. The largest absolute Gasteiger partial charge is 0.334 e. The van der Waals surface area contributed by atoms with Crippen LogP contribution < -0.4 is 16.0 Å². The summed E-state index contributed by atoms with van der Waals surface area (Å²) < 4.78 is 0. The molecule has 4 rings (SSSR count). The van der Waals surface area contributed by atoms with Gasteiger partial charge in [0.1, 0.15) is 0 Å². The third-order valence-electron chi connectivity index (χ3n) is 5.71. The Labute approximate surface area is 182 Å². The zero-order valence-electron chi connectivity index (χ0n) is 17.5. The van der Waals surface area contributed by atoms with Crippen LogP contribution in [0.25, 0.3) is 0 Å². The van der Waals surface area contributed by atoms with Crippen LogP contribution in [0.4, 0.5) is 16.2 Å². The lowest BCUT2D eigenvalue weighted by Crippen LogP contribution is -2.47. The van der Waals surface area contributed by atoms with Crippen molar-refractivity contribution >= 4 is 29.2 Å². The second-order valence-electron chi connectivity index (χ2n) is 8.26. The molecule has 1 heterocycles. The van der Waals surface area contributed by atoms with Gasteiger partial charge in [-0.05, 0) is 55.5 Å². The summed E-state index contributed by atoms with van der Waals surface area (Å²) in [5, 5.41) is 8.79. The summed E-state index contributed by atoms with van der Waals surface area (Å²) in [6, 6.07) is 16.7. The number of piperidine rings is 1. The van der Waals surface area contributed by atoms with Crippen LogP contribution in [0.15, 0.2) is 54.6 Å². The molecule has 0 radical (unpaired) electrons. The highest BCUT2D eigenvalue weighted by molar-refractivity contribution is 5.94. The molecule has 1 atom stereocenters. The molecule has 2 aromatic carbocycles. The predicted octanol–water partition coefficient (Wildman–Crippen LogP) is 3.60. The van der Waals surface area contributed by atoms with Crippen molar-refractivity contribution in [1.29, 1.82) is 0 Å². The molecule has 1 aliphatic carbocycles. The van der Waals surface area contributed by atoms with Gasteiger partial charge >= 0.3 is 6.03 Å². The number of urea groups is 1. The molecule has 1 saturated carbocycles. The lowest BCUT2D eigenvalue weighted by atomic mass is 9.97. The summed E-state index contributed by atoms with van der Waals surface area (Å²) >= 11 is 0. The quantitative estimate of drug-likeness (QED) is 0.667. The summed E-state index contributed by atoms with van der Waals surface area (Å²) in [5.74, 6) is -0.0627. The fraction of sp³-hybridized carbons (Fsp3) is 0.375. The Bertz CT molecular complexity index is 943. The van der Waals surface area contributed by atoms with E-state index >= 15 is 0 Å². The molecule has 0 aromatic heterocycles. The third-order valence-corrected chi connectivity index (χ3v) is 5.71. The number of para-hydroxylation sites is 1. The van der Waals surface area contributed by atoms with Crippen molar-refractivity contribution in [2.75, 3.05) is 23.7 Å². The first-order valence-electron chi connectivity index (χ1n) is 10.9. The minimum absolute atomic E-state index is 0.0530. The maximum absolute atomic E-state index is 12.7. The van der Waals surface area contributed by atoms with Gasteiger partial charge in [-0.2, -0.15) is 0 Å². The normalized spacial score (nSPS) is 18.2. The highest BCUT2D eigenvalue weighted by atomic mass is 16.2. The van der Waals surface area contributed by atoms with E-state index in [0.29, 0.717) is 19.6 Å². The van der Waals surface area contributed by atoms with Gasteiger partial charge in [0.05, 0.1) is 5.92 Å². The van der Waals surface area contributed by atoms with E-state index < -0.39 is 0 Å². The van der Waals surface area contributed by atoms with Crippen molar-refractivity contribution in [3.63, 3.8) is 0 Å². The zero-order valence-corrected chi connectivity index (χ0v) is 17.5. The number of amides is 4. The number of benzene rings is 2. The molecule has 4 amide bonds. The Morgan fingerprint density at radius 1 is 0.839 bits per heavy atom. The maximum atomic E-state index is 12.7. The van der Waals surface area contributed by atoms with Gasteiger partial charge in [-0.1, -0.05) is 30.3 Å². The van der Waals surface area contributed by atoms with Crippen LogP contribution in [0.5, 0.6) is 0 Å². The minimum atomic E-state index is -0.222. The van der Waals surface area contributed by atoms with E-state index in [1.54, 1.807) is 4.90 Å². The zero-order chi connectivity index (χ0) is 21.6. The predicted molar refractivity (Wildman–Crippen MR) is 119 cm³/mol. The van der Waals surface area contributed by atoms with Crippen LogP contribution in [0, 0.1) is 11.8 Å². The molecule has 3 N–H and O–H groups in total. The molecule has 2 aromatic rings. The van der Waals surface area contributed by atoms with Crippen LogP contribution in [0.1, 0.15) is 31.2 Å². The van der Waals surface area contributed by atoms with Gasteiger partial charge in [-0.25, -0.2) is 4.79 Å². The lowest BCUT2D eigenvalue weighted by Gasteiger charge is -2.32. The Morgan fingerprint density at radius 2 is 1.55 bits per heavy atom. The Hall–Kier alpha value is -3.35. The van der Waals surface area contributed by atoms with Crippen molar-refractivity contribution in [1.82, 2.24) is 10.2 Å². The fourth-order valence-electron chi connectivity index (χ4n) is 3.78. The number of carbonyl (C=O) groups excluding carboxylic acids is 3. The number of nitrogens with one attached hydrogen (secondary N) is 3. The van der Waals surface area contributed by atoms with Gasteiger partial charge in [0.15, 0.2) is 0 Å². The standard InChI is InChI=1S/C24H28N4O3/c29-22(18-11-12-18)27-21-10-4-6-17(14-21)15-25-24(31)28-13-5-7-19(16-28)23(30)26-20-8-2-1-3-9-20/h1-4,6,8-10,14,18-19H,5,7,11-13,15-16H2,(H,25,31)(H,26,30)(H,27,29). The highest BCUT2D eigenvalue weighted by Gasteiger charge is 2.30. The SMILES string of the molecule is O=C(Nc1cccc(CNC(=O)N2CCCC(C(=O)Nc3ccccc3)C2)c1)C1CC1. The number of anilines is 2. The van der Waals surface area contributed by atoms with Crippen molar-refractivity contribution in [3.05, 3.63) is 60.2 Å². The van der Waals surface area contributed by atoms with E-state index in [4.69, 9.17) is 0 Å². The molecular formula is C24H28N4O3. The molecule has 162 valence electrons. The van der Waals surface area contributed by atoms with Gasteiger partial charge in [0.25, 0.3) is 0 Å². The molecule has 0 bridgehead atoms. The summed E-state index contributed by atoms with van der Waals surface area (Å²) in [5.41, 5.74) is 2.43. The van der Waals surface area contributed by atoms with Crippen molar-refractivity contribution in [2.24, 2.45) is 11.8 Å².